The molecule has 1 aliphatic heterocycles. The number of urea groups is 2. The Balaban J connectivity index is 1.61. The highest BCUT2D eigenvalue weighted by Crippen LogP contribution is 2.35. The fourth-order valence-electron chi connectivity index (χ4n) is 4.48. The van der Waals surface area contributed by atoms with Crippen LogP contribution in [0.1, 0.15) is 24.2 Å². The molecule has 1 aliphatic rings. The summed E-state index contributed by atoms with van der Waals surface area (Å²) in [6.45, 7) is 3.66. The molecule has 0 bridgehead atoms. The minimum absolute atomic E-state index is 0.0965. The Morgan fingerprint density at radius 2 is 1.60 bits per heavy atom. The molecule has 3 aromatic carbocycles. The van der Waals surface area contributed by atoms with E-state index in [-0.39, 0.29) is 48.5 Å². The average Bonchev–Trinajstić information content (AvgIpc) is 2.97. The van der Waals surface area contributed by atoms with Gasteiger partial charge in [0.1, 0.15) is 17.7 Å². The molecule has 4 rings (SSSR count). The number of amides is 5. The SMILES string of the molecule is C[C@@H]1CN([C@@H](C)CO)C(=O)c2cccc(NC(=O)Nc3ccc(F)cc3)c2O[C@@H]1CN(C)C(=O)Nc1ccc(F)cc1. The monoisotopic (exact) mass is 581 g/mol. The normalized spacial score (nSPS) is 17.2. The van der Waals surface area contributed by atoms with Gasteiger partial charge in [-0.05, 0) is 67.6 Å². The van der Waals surface area contributed by atoms with Crippen molar-refractivity contribution in [2.24, 2.45) is 5.92 Å². The predicted octanol–water partition coefficient (Wildman–Crippen LogP) is 4.99. The van der Waals surface area contributed by atoms with E-state index in [1.54, 1.807) is 37.1 Å². The van der Waals surface area contributed by atoms with Crippen LogP contribution in [0.4, 0.5) is 35.4 Å². The van der Waals surface area contributed by atoms with Crippen LogP contribution in [-0.2, 0) is 0 Å². The maximum Gasteiger partial charge on any atom is 0.323 e. The molecule has 222 valence electrons. The van der Waals surface area contributed by atoms with Gasteiger partial charge in [-0.25, -0.2) is 18.4 Å². The van der Waals surface area contributed by atoms with Crippen molar-refractivity contribution in [2.75, 3.05) is 42.7 Å². The highest BCUT2D eigenvalue weighted by Gasteiger charge is 2.35. The van der Waals surface area contributed by atoms with Gasteiger partial charge in [0.15, 0.2) is 5.75 Å². The number of anilines is 3. The lowest BCUT2D eigenvalue weighted by Gasteiger charge is -2.38. The van der Waals surface area contributed by atoms with Crippen molar-refractivity contribution in [1.29, 1.82) is 0 Å². The lowest BCUT2D eigenvalue weighted by molar-refractivity contribution is 0.0373. The third kappa shape index (κ3) is 7.32. The zero-order valence-corrected chi connectivity index (χ0v) is 23.4. The first-order valence-corrected chi connectivity index (χ1v) is 13.4. The summed E-state index contributed by atoms with van der Waals surface area (Å²) in [7, 11) is 1.58. The molecule has 0 saturated carbocycles. The molecule has 0 unspecified atom stereocenters. The van der Waals surface area contributed by atoms with Crippen molar-refractivity contribution >= 4 is 35.0 Å². The van der Waals surface area contributed by atoms with Gasteiger partial charge in [0.2, 0.25) is 0 Å². The second-order valence-electron chi connectivity index (χ2n) is 10.2. The van der Waals surface area contributed by atoms with E-state index in [4.69, 9.17) is 4.74 Å². The van der Waals surface area contributed by atoms with Crippen molar-refractivity contribution < 1.29 is 33.0 Å². The maximum absolute atomic E-state index is 13.6. The third-order valence-corrected chi connectivity index (χ3v) is 6.94. The predicted molar refractivity (Wildman–Crippen MR) is 155 cm³/mol. The number of fused-ring (bicyclic) bond motifs is 1. The average molecular weight is 582 g/mol. The van der Waals surface area contributed by atoms with Crippen LogP contribution in [0.5, 0.6) is 5.75 Å². The van der Waals surface area contributed by atoms with Gasteiger partial charge in [-0.2, -0.15) is 0 Å². The Morgan fingerprint density at radius 1 is 1.00 bits per heavy atom. The Morgan fingerprint density at radius 3 is 2.19 bits per heavy atom. The molecule has 12 heteroatoms. The molecule has 10 nitrogen and oxygen atoms in total. The van der Waals surface area contributed by atoms with Crippen LogP contribution in [0.3, 0.4) is 0 Å². The summed E-state index contributed by atoms with van der Waals surface area (Å²) in [5, 5.41) is 17.9. The number of nitrogens with one attached hydrogen (secondary N) is 3. The molecule has 1 heterocycles. The third-order valence-electron chi connectivity index (χ3n) is 6.94. The highest BCUT2D eigenvalue weighted by atomic mass is 19.1. The first-order chi connectivity index (χ1) is 20.0. The van der Waals surface area contributed by atoms with Crippen LogP contribution >= 0.6 is 0 Å². The van der Waals surface area contributed by atoms with E-state index in [2.05, 4.69) is 16.0 Å². The van der Waals surface area contributed by atoms with Crippen LogP contribution in [0.15, 0.2) is 66.7 Å². The maximum atomic E-state index is 13.6. The molecule has 42 heavy (non-hydrogen) atoms. The van der Waals surface area contributed by atoms with Crippen LogP contribution in [0.2, 0.25) is 0 Å². The molecule has 5 amide bonds. The minimum Gasteiger partial charge on any atom is -0.485 e. The standard InChI is InChI=1S/C30H33F2N5O5/c1-18-15-37(19(2)17-38)28(39)24-5-4-6-25(35-29(40)33-22-11-7-20(31)8-12-22)27(24)42-26(18)16-36(3)30(41)34-23-13-9-21(32)10-14-23/h4-14,18-19,26,38H,15-17H2,1-3H3,(H,34,41)(H2,33,35,40)/t18-,19+,26-/m1/s1. The van der Waals surface area contributed by atoms with Gasteiger partial charge in [0.05, 0.1) is 30.4 Å². The van der Waals surface area contributed by atoms with Crippen molar-refractivity contribution in [3.63, 3.8) is 0 Å². The largest absolute Gasteiger partial charge is 0.485 e. The number of carbonyl (C=O) groups excluding carboxylic acids is 3. The number of halogens is 2. The zero-order valence-electron chi connectivity index (χ0n) is 23.4. The smallest absolute Gasteiger partial charge is 0.323 e. The number of nitrogens with zero attached hydrogens (tertiary/aromatic N) is 2. The molecule has 0 aliphatic carbocycles. The number of aliphatic hydroxyl groups excluding tert-OH is 1. The lowest BCUT2D eigenvalue weighted by atomic mass is 9.99. The van der Waals surface area contributed by atoms with Crippen molar-refractivity contribution in [3.05, 3.63) is 83.9 Å². The Hall–Kier alpha value is -4.71. The number of hydrogen-bond acceptors (Lipinski definition) is 5. The van der Waals surface area contributed by atoms with Gasteiger partial charge in [-0.15, -0.1) is 0 Å². The van der Waals surface area contributed by atoms with E-state index >= 15 is 0 Å². The van der Waals surface area contributed by atoms with E-state index in [1.807, 2.05) is 6.92 Å². The number of likely N-dealkylation sites (N-methyl/N-ethyl adjacent to an activating group) is 1. The number of para-hydroxylation sites is 1. The molecular formula is C30H33F2N5O5. The number of aliphatic hydroxyl groups is 1. The summed E-state index contributed by atoms with van der Waals surface area (Å²) in [5.41, 5.74) is 1.14. The first kappa shape index (κ1) is 30.3. The van der Waals surface area contributed by atoms with Crippen molar-refractivity contribution in [3.8, 4) is 5.75 Å². The van der Waals surface area contributed by atoms with Crippen LogP contribution < -0.4 is 20.7 Å². The molecule has 0 saturated heterocycles. The van der Waals surface area contributed by atoms with Crippen LogP contribution in [0, 0.1) is 17.6 Å². The molecule has 0 radical (unpaired) electrons. The fraction of sp³-hybridized carbons (Fsp3) is 0.300. The summed E-state index contributed by atoms with van der Waals surface area (Å²) in [6, 6.07) is 13.7. The van der Waals surface area contributed by atoms with Gasteiger partial charge in [-0.3, -0.25) is 4.79 Å². The number of carbonyl (C=O) groups is 3. The van der Waals surface area contributed by atoms with Gasteiger partial charge >= 0.3 is 12.1 Å². The van der Waals surface area contributed by atoms with Gasteiger partial charge in [-0.1, -0.05) is 13.0 Å². The Labute approximate surface area is 242 Å². The second kappa shape index (κ2) is 13.3. The molecule has 0 fully saturated rings. The molecule has 3 atom stereocenters. The summed E-state index contributed by atoms with van der Waals surface area (Å²) in [6.07, 6.45) is -0.641. The molecule has 0 aromatic heterocycles. The van der Waals surface area contributed by atoms with E-state index < -0.39 is 35.8 Å². The summed E-state index contributed by atoms with van der Waals surface area (Å²) in [5.74, 6) is -1.46. The van der Waals surface area contributed by atoms with Crippen LogP contribution in [0.25, 0.3) is 0 Å². The number of hydrogen-bond donors (Lipinski definition) is 4. The number of benzene rings is 3. The molecule has 3 aromatic rings. The molecule has 0 spiro atoms. The van der Waals surface area contributed by atoms with E-state index in [1.165, 1.54) is 53.4 Å². The summed E-state index contributed by atoms with van der Waals surface area (Å²) >= 11 is 0. The summed E-state index contributed by atoms with van der Waals surface area (Å²) < 4.78 is 32.9. The highest BCUT2D eigenvalue weighted by molar-refractivity contribution is 6.04. The van der Waals surface area contributed by atoms with Crippen LogP contribution in [-0.4, -0.2) is 71.8 Å². The fourth-order valence-corrected chi connectivity index (χ4v) is 4.48. The van der Waals surface area contributed by atoms with Crippen molar-refractivity contribution in [2.45, 2.75) is 26.0 Å². The Kier molecular flexibility index (Phi) is 9.58. The first-order valence-electron chi connectivity index (χ1n) is 13.4. The number of ether oxygens (including phenoxy) is 1. The minimum atomic E-state index is -0.644. The quantitative estimate of drug-likeness (QED) is 0.313. The number of rotatable bonds is 7. The zero-order chi connectivity index (χ0) is 30.4. The van der Waals surface area contributed by atoms with Gasteiger partial charge < -0.3 is 35.6 Å². The van der Waals surface area contributed by atoms with Crippen molar-refractivity contribution in [1.82, 2.24) is 9.80 Å². The lowest BCUT2D eigenvalue weighted by Crippen LogP contribution is -2.50. The Bertz CT molecular complexity index is 1420. The van der Waals surface area contributed by atoms with E-state index in [9.17, 15) is 28.3 Å². The topological polar surface area (TPSA) is 123 Å². The molecular weight excluding hydrogens is 548 g/mol. The summed E-state index contributed by atoms with van der Waals surface area (Å²) in [4.78, 5) is 42.3. The van der Waals surface area contributed by atoms with Gasteiger partial charge in [0.25, 0.3) is 5.91 Å². The van der Waals surface area contributed by atoms with Gasteiger partial charge in [0, 0.05) is 30.9 Å². The van der Waals surface area contributed by atoms with E-state index in [0.29, 0.717) is 11.4 Å². The molecule has 4 N–H and O–H groups in total. The second-order valence-corrected chi connectivity index (χ2v) is 10.2. The van der Waals surface area contributed by atoms with E-state index in [0.717, 1.165) is 0 Å².